The fraction of sp³-hybridized carbons (Fsp3) is 0.0769. The van der Waals surface area contributed by atoms with Gasteiger partial charge in [-0.2, -0.15) is 8.42 Å². The quantitative estimate of drug-likeness (QED) is 0.684. The molecule has 0 radical (unpaired) electrons. The Morgan fingerprint density at radius 3 is 2.56 bits per heavy atom. The second kappa shape index (κ2) is 4.70. The van der Waals surface area contributed by atoms with Crippen molar-refractivity contribution in [1.82, 2.24) is 0 Å². The van der Waals surface area contributed by atoms with Crippen molar-refractivity contribution < 1.29 is 18.1 Å². The third kappa shape index (κ3) is 2.81. The lowest BCUT2D eigenvalue weighted by molar-refractivity contribution is 0.486. The summed E-state index contributed by atoms with van der Waals surface area (Å²) in [6.07, 6.45) is 0. The zero-order valence-corrected chi connectivity index (χ0v) is 10.3. The van der Waals surface area contributed by atoms with Crippen molar-refractivity contribution in [1.29, 1.82) is 0 Å². The second-order valence-electron chi connectivity index (χ2n) is 3.59. The molecule has 2 rings (SSSR count). The van der Waals surface area contributed by atoms with Crippen LogP contribution < -0.4 is 9.92 Å². The lowest BCUT2D eigenvalue weighted by Crippen LogP contribution is -2.09. The van der Waals surface area contributed by atoms with E-state index < -0.39 is 45.7 Å². The predicted molar refractivity (Wildman–Crippen MR) is 69.8 cm³/mol. The van der Waals surface area contributed by atoms with Gasteiger partial charge in [0.1, 0.15) is 10.6 Å². The molecule has 94 valence electrons. The first-order valence-corrected chi connectivity index (χ1v) is 6.43. The first-order valence-electron chi connectivity index (χ1n) is 7.02. The Kier molecular flexibility index (Phi) is 2.13. The molecule has 5 heteroatoms. The highest BCUT2D eigenvalue weighted by molar-refractivity contribution is 7.87. The molecule has 0 saturated carbocycles. The van der Waals surface area contributed by atoms with Gasteiger partial charge in [0.15, 0.2) is 0 Å². The van der Waals surface area contributed by atoms with Crippen LogP contribution in [0.2, 0.25) is 0 Å². The number of nitrogens with two attached hydrogens (primary N) is 1. The van der Waals surface area contributed by atoms with Crippen molar-refractivity contribution in [3.8, 4) is 5.75 Å². The van der Waals surface area contributed by atoms with Gasteiger partial charge in [0.05, 0.1) is 5.48 Å². The third-order valence-corrected chi connectivity index (χ3v) is 3.36. The number of aryl methyl sites for hydroxylation is 1. The normalized spacial score (nSPS) is 14.3. The van der Waals surface area contributed by atoms with Gasteiger partial charge in [-0.15, -0.1) is 0 Å². The summed E-state index contributed by atoms with van der Waals surface area (Å²) < 4.78 is 59.6. The summed E-state index contributed by atoms with van der Waals surface area (Å²) in [7, 11) is -4.26. The molecule has 2 aromatic rings. The maximum atomic E-state index is 12.2. The van der Waals surface area contributed by atoms with Crippen LogP contribution in [-0.2, 0) is 10.1 Å². The van der Waals surface area contributed by atoms with Crippen molar-refractivity contribution in [2.75, 3.05) is 5.73 Å². The molecule has 0 spiro atoms. The van der Waals surface area contributed by atoms with Gasteiger partial charge in [0.2, 0.25) is 0 Å². The highest BCUT2D eigenvalue weighted by Crippen LogP contribution is 2.20. The zero-order chi connectivity index (χ0) is 16.7. The molecule has 0 aliphatic carbocycles. The molecule has 2 aromatic carbocycles. The molecule has 0 unspecified atom stereocenters. The summed E-state index contributed by atoms with van der Waals surface area (Å²) >= 11 is 0. The monoisotopic (exact) mass is 267 g/mol. The Bertz CT molecular complexity index is 806. The average molecular weight is 267 g/mol. The van der Waals surface area contributed by atoms with E-state index in [1.165, 1.54) is 12.1 Å². The highest BCUT2D eigenvalue weighted by Gasteiger charge is 2.16. The lowest BCUT2D eigenvalue weighted by Gasteiger charge is -2.07. The molecular weight excluding hydrogens is 250 g/mol. The minimum Gasteiger partial charge on any atom is -0.399 e. The van der Waals surface area contributed by atoms with Crippen LogP contribution >= 0.6 is 0 Å². The number of rotatable bonds is 3. The number of anilines is 1. The van der Waals surface area contributed by atoms with E-state index in [1.807, 2.05) is 0 Å². The van der Waals surface area contributed by atoms with Crippen molar-refractivity contribution in [2.45, 2.75) is 11.8 Å². The second-order valence-corrected chi connectivity index (χ2v) is 5.14. The molecule has 18 heavy (non-hydrogen) atoms. The van der Waals surface area contributed by atoms with E-state index in [4.69, 9.17) is 15.4 Å². The Morgan fingerprint density at radius 1 is 1.22 bits per heavy atom. The molecule has 0 atom stereocenters. The van der Waals surface area contributed by atoms with E-state index in [-0.39, 0.29) is 4.90 Å². The van der Waals surface area contributed by atoms with Crippen LogP contribution in [0.3, 0.4) is 0 Å². The van der Waals surface area contributed by atoms with Gasteiger partial charge >= 0.3 is 10.1 Å². The predicted octanol–water partition coefficient (Wildman–Crippen LogP) is 2.34. The minimum atomic E-state index is -4.26. The van der Waals surface area contributed by atoms with Crippen LogP contribution in [0.5, 0.6) is 5.75 Å². The molecule has 0 saturated heterocycles. The first kappa shape index (κ1) is 8.16. The Hall–Kier alpha value is -2.01. The molecule has 4 nitrogen and oxygen atoms in total. The topological polar surface area (TPSA) is 69.4 Å². The fourth-order valence-electron chi connectivity index (χ4n) is 1.24. The van der Waals surface area contributed by atoms with E-state index in [9.17, 15) is 8.42 Å². The maximum Gasteiger partial charge on any atom is 0.339 e. The van der Waals surface area contributed by atoms with Crippen LogP contribution in [0.15, 0.2) is 53.3 Å². The van der Waals surface area contributed by atoms with Gasteiger partial charge in [-0.3, -0.25) is 0 Å². The van der Waals surface area contributed by atoms with Gasteiger partial charge in [-0.1, -0.05) is 23.7 Å². The van der Waals surface area contributed by atoms with E-state index in [2.05, 4.69) is 0 Å². The van der Waals surface area contributed by atoms with Gasteiger partial charge < -0.3 is 9.92 Å². The van der Waals surface area contributed by atoms with Crippen LogP contribution in [0.1, 0.15) is 11.0 Å². The molecule has 0 amide bonds. The number of hydrogen-bond donors (Lipinski definition) is 1. The number of hydrogen-bond acceptors (Lipinski definition) is 4. The Morgan fingerprint density at radius 2 is 1.89 bits per heavy atom. The number of benzene rings is 2. The van der Waals surface area contributed by atoms with Crippen LogP contribution in [0, 0.1) is 6.92 Å². The summed E-state index contributed by atoms with van der Waals surface area (Å²) in [6, 6.07) is 3.47. The van der Waals surface area contributed by atoms with Gasteiger partial charge in [0.25, 0.3) is 0 Å². The van der Waals surface area contributed by atoms with Crippen LogP contribution in [-0.4, -0.2) is 8.42 Å². The summed E-state index contributed by atoms with van der Waals surface area (Å²) in [5.41, 5.74) is 5.93. The van der Waals surface area contributed by atoms with E-state index in [0.717, 1.165) is 5.56 Å². The van der Waals surface area contributed by atoms with Crippen molar-refractivity contribution in [3.05, 3.63) is 54.0 Å². The summed E-state index contributed by atoms with van der Waals surface area (Å²) in [6.45, 7) is 1.79. The Balaban J connectivity index is 2.53. The van der Waals surface area contributed by atoms with E-state index >= 15 is 0 Å². The average Bonchev–Trinajstić information content (AvgIpc) is 2.48. The molecule has 0 aliphatic rings. The molecule has 0 fully saturated rings. The fourth-order valence-corrected chi connectivity index (χ4v) is 2.11. The Labute approximate surface area is 112 Å². The smallest absolute Gasteiger partial charge is 0.339 e. The summed E-state index contributed by atoms with van der Waals surface area (Å²) in [5.74, 6) is -0.654. The van der Waals surface area contributed by atoms with Gasteiger partial charge in [-0.05, 0) is 31.1 Å². The molecule has 0 bridgehead atoms. The third-order valence-electron chi connectivity index (χ3n) is 2.12. The lowest BCUT2D eigenvalue weighted by atomic mass is 10.2. The van der Waals surface area contributed by atoms with Gasteiger partial charge in [0, 0.05) is 11.7 Å². The SMILES string of the molecule is [2H]c1c([2H])c(N)c([2H])c(OS(=O)(=O)c2ccc(C)cc2)c1[2H]. The minimum absolute atomic E-state index is 0.142. The standard InChI is InChI=1S/C13H13NO3S/c1-10-5-7-13(8-6-10)18(15,16)17-12-4-2-3-11(14)9-12/h2-9H,14H2,1H3/i2D,3D,4D,9D. The van der Waals surface area contributed by atoms with Crippen molar-refractivity contribution >= 4 is 15.8 Å². The first-order chi connectivity index (χ1) is 10.1. The van der Waals surface area contributed by atoms with Crippen LogP contribution in [0.4, 0.5) is 5.69 Å². The van der Waals surface area contributed by atoms with E-state index in [0.29, 0.717) is 0 Å². The zero-order valence-electron chi connectivity index (χ0n) is 13.5. The summed E-state index contributed by atoms with van der Waals surface area (Å²) in [4.78, 5) is -0.142. The molecule has 0 aromatic heterocycles. The molecule has 2 N–H and O–H groups in total. The van der Waals surface area contributed by atoms with Gasteiger partial charge in [-0.25, -0.2) is 0 Å². The largest absolute Gasteiger partial charge is 0.399 e. The van der Waals surface area contributed by atoms with Crippen molar-refractivity contribution in [3.63, 3.8) is 0 Å². The molecule has 0 heterocycles. The maximum absolute atomic E-state index is 12.2. The van der Waals surface area contributed by atoms with Crippen LogP contribution in [0.25, 0.3) is 0 Å². The highest BCUT2D eigenvalue weighted by atomic mass is 32.2. The number of nitrogen functional groups attached to an aromatic ring is 1. The summed E-state index contributed by atoms with van der Waals surface area (Å²) in [5, 5.41) is 0. The van der Waals surface area contributed by atoms with E-state index in [1.54, 1.807) is 19.1 Å². The molecular formula is C13H13NO3S. The molecule has 0 aliphatic heterocycles. The van der Waals surface area contributed by atoms with Crippen molar-refractivity contribution in [2.24, 2.45) is 0 Å².